The zero-order valence-corrected chi connectivity index (χ0v) is 87.9. The summed E-state index contributed by atoms with van der Waals surface area (Å²) < 4.78 is 42.7. The van der Waals surface area contributed by atoms with Crippen molar-refractivity contribution in [2.24, 2.45) is 0 Å². The summed E-state index contributed by atoms with van der Waals surface area (Å²) in [7, 11) is 10.1. The minimum absolute atomic E-state index is 0.289. The third-order valence-corrected chi connectivity index (χ3v) is 16.0. The lowest BCUT2D eigenvalue weighted by Crippen LogP contribution is -1.91. The molecule has 113 heavy (non-hydrogen) atoms. The van der Waals surface area contributed by atoms with Crippen LogP contribution in [0, 0.1) is 0 Å². The number of carbonyl (C=O) groups is 5. The van der Waals surface area contributed by atoms with Crippen molar-refractivity contribution in [2.75, 3.05) is 163 Å². The molecular formula is C95H218O14S4. The molecule has 0 radical (unpaired) electrons. The molecule has 0 aromatic heterocycles. The molecule has 0 unspecified atom stereocenters. The minimum atomic E-state index is 0.289. The highest BCUT2D eigenvalue weighted by atomic mass is 32.2. The van der Waals surface area contributed by atoms with Crippen LogP contribution in [0.3, 0.4) is 0 Å². The third kappa shape index (κ3) is 405. The highest BCUT2D eigenvalue weighted by molar-refractivity contribution is 7.99. The number of hydrogen-bond donors (Lipinski definition) is 0. The maximum absolute atomic E-state index is 10.4. The van der Waals surface area contributed by atoms with Crippen molar-refractivity contribution in [2.45, 2.75) is 432 Å². The molecule has 0 saturated carbocycles. The first-order chi connectivity index (χ1) is 54.2. The van der Waals surface area contributed by atoms with Gasteiger partial charge in [0.15, 0.2) is 0 Å². The predicted molar refractivity (Wildman–Crippen MR) is 527 cm³/mol. The van der Waals surface area contributed by atoms with Gasteiger partial charge in [0.2, 0.25) is 0 Å². The number of carbonyl (C=O) groups excluding carboxylic acids is 5. The number of ketones is 5. The highest BCUT2D eigenvalue weighted by Crippen LogP contribution is 2.01. The van der Waals surface area contributed by atoms with Crippen LogP contribution >= 0.6 is 47.0 Å². The van der Waals surface area contributed by atoms with E-state index < -0.39 is 0 Å². The predicted octanol–water partition coefficient (Wildman–Crippen LogP) is 30.9. The summed E-state index contributed by atoms with van der Waals surface area (Å²) in [5.74, 6) is 9.52. The van der Waals surface area contributed by atoms with E-state index in [0.29, 0.717) is 42.8 Å². The number of ether oxygens (including phenoxy) is 9. The second-order valence-electron chi connectivity index (χ2n) is 25.0. The molecule has 0 aliphatic carbocycles. The maximum Gasteiger partial charge on any atom is 0.145 e. The van der Waals surface area contributed by atoms with Crippen LogP contribution in [0.15, 0.2) is 0 Å². The summed E-state index contributed by atoms with van der Waals surface area (Å²) in [6.07, 6.45) is 43.8. The van der Waals surface area contributed by atoms with E-state index in [1.54, 1.807) is 63.4 Å². The van der Waals surface area contributed by atoms with E-state index in [0.717, 1.165) is 169 Å². The van der Waals surface area contributed by atoms with Crippen molar-refractivity contribution in [1.29, 1.82) is 0 Å². The number of methoxy groups -OCH3 is 6. The van der Waals surface area contributed by atoms with Crippen LogP contribution in [0.4, 0.5) is 0 Å². The monoisotopic (exact) mass is 1710 g/mol. The molecule has 0 amide bonds. The third-order valence-electron chi connectivity index (χ3n) is 12.4. The van der Waals surface area contributed by atoms with Crippen LogP contribution in [0.1, 0.15) is 432 Å². The second kappa shape index (κ2) is 215. The Morgan fingerprint density at radius 2 is 0.487 bits per heavy atom. The summed E-state index contributed by atoms with van der Waals surface area (Å²) >= 11 is 7.87. The van der Waals surface area contributed by atoms with Gasteiger partial charge in [-0.3, -0.25) is 9.59 Å². The molecule has 0 heterocycles. The van der Waals surface area contributed by atoms with E-state index >= 15 is 0 Å². The molecule has 0 rings (SSSR count). The topological polar surface area (TPSA) is 168 Å². The number of hydrogen-bond acceptors (Lipinski definition) is 18. The summed E-state index contributed by atoms with van der Waals surface area (Å²) in [6, 6.07) is 0. The molecule has 0 saturated heterocycles. The fourth-order valence-electron chi connectivity index (χ4n) is 6.01. The molecule has 0 bridgehead atoms. The number of thioether (sulfide) groups is 4. The second-order valence-corrected chi connectivity index (χ2v) is 29.8. The van der Waals surface area contributed by atoms with Gasteiger partial charge in [-0.15, -0.1) is 0 Å². The molecule has 0 fully saturated rings. The van der Waals surface area contributed by atoms with E-state index in [-0.39, 0.29) is 5.78 Å². The Balaban J connectivity index is -0.0000000486. The van der Waals surface area contributed by atoms with Gasteiger partial charge in [0.1, 0.15) is 35.7 Å². The lowest BCUT2D eigenvalue weighted by atomic mass is 10.2. The molecule has 0 aromatic carbocycles. The zero-order valence-electron chi connectivity index (χ0n) is 84.6. The van der Waals surface area contributed by atoms with Gasteiger partial charge in [-0.2, -0.15) is 47.0 Å². The van der Waals surface area contributed by atoms with E-state index in [4.69, 9.17) is 33.2 Å². The SMILES string of the molecule is CCCC(=O)CC.CCCC(=O)CC.CCCC(C)=O.CCCCC.CCCCC(C)=O.CCCCC(C)=O.CCCCCC.CCCCOC.CCCCOC.CCCCSC.CCCCSC.CCCOC.CCCOC.CCCOCC.CCCOCC.CCCSCC.CCCSCC.CCOCC.COCOC. The van der Waals surface area contributed by atoms with Crippen molar-refractivity contribution >= 4 is 76.0 Å². The summed E-state index contributed by atoms with van der Waals surface area (Å²) in [4.78, 5) is 51.3. The molecule has 0 spiro atoms. The Hall–Kier alpha value is -0.610. The van der Waals surface area contributed by atoms with Gasteiger partial charge in [-0.05, 0) is 192 Å². The molecular weight excluding hydrogens is 1490 g/mol. The highest BCUT2D eigenvalue weighted by Gasteiger charge is 1.93. The van der Waals surface area contributed by atoms with Crippen LogP contribution in [0.2, 0.25) is 0 Å². The molecule has 0 atom stereocenters. The first-order valence-electron chi connectivity index (χ1n) is 45.5. The van der Waals surface area contributed by atoms with E-state index in [1.807, 2.05) is 109 Å². The van der Waals surface area contributed by atoms with Crippen LogP contribution in [-0.2, 0) is 66.6 Å². The standard InChI is InChI=1S/4C6H12O.C6H14.2C5H12O.C5H10O.2C5H12O.4C5H12S.C5H12.3C4H10O.C3H8O2/c2*1-3-4-5-6(2)7;2*1-3-5-6(7)4-2;1-3-5-6-4-2;2*1-3-4-5-6-2;1-3-4-5(2)6;2*1-3-5-6-4-2;2*1-3-4-5-6-2;2*1-3-5-6-4-2;1-3-5-4-2;2*1-3-4-5-2;1-3-5-4-2;1-4-3-5-2/h4*3-5H2,1-2H3;3-6H2,1-2H3;2*3-5H2,1-2H3;3-4H2,1-2H3;6*3-5H2,1-2H3;3-5H2,1-2H3;3*3-4H2,1-2H3;3H2,1-2H3. The normalized spacial score (nSPS) is 8.80. The summed E-state index contributed by atoms with van der Waals surface area (Å²) in [5.41, 5.74) is 0. The van der Waals surface area contributed by atoms with E-state index in [1.165, 1.54) is 144 Å². The van der Waals surface area contributed by atoms with Gasteiger partial charge in [-0.25, -0.2) is 0 Å². The van der Waals surface area contributed by atoms with Crippen LogP contribution in [-0.4, -0.2) is 191 Å². The first-order valence-corrected chi connectivity index (χ1v) is 50.6. The average molecular weight is 1710 g/mol. The molecule has 0 aliphatic heterocycles. The minimum Gasteiger partial charge on any atom is -0.385 e. The molecule has 0 aromatic rings. The van der Waals surface area contributed by atoms with Crippen molar-refractivity contribution in [3.63, 3.8) is 0 Å². The number of unbranched alkanes of at least 4 members (excludes halogenated alkanes) is 11. The van der Waals surface area contributed by atoms with E-state index in [9.17, 15) is 24.0 Å². The lowest BCUT2D eigenvalue weighted by molar-refractivity contribution is -0.119. The zero-order chi connectivity index (χ0) is 91.8. The van der Waals surface area contributed by atoms with Gasteiger partial charge < -0.3 is 57.0 Å². The Bertz CT molecular complexity index is 1080. The molecule has 0 aliphatic rings. The van der Waals surface area contributed by atoms with Crippen molar-refractivity contribution in [3.8, 4) is 0 Å². The van der Waals surface area contributed by atoms with Crippen LogP contribution in [0.5, 0.6) is 0 Å². The average Bonchev–Trinajstić information content (AvgIpc) is 1.86. The quantitative estimate of drug-likeness (QED) is 0.0416. The number of rotatable bonds is 51. The molecule has 18 heteroatoms. The van der Waals surface area contributed by atoms with Gasteiger partial charge in [-0.1, -0.05) is 243 Å². The summed E-state index contributed by atoms with van der Waals surface area (Å²) in [5, 5.41) is 0. The Kier molecular flexibility index (Phi) is 305. The molecule has 0 N–H and O–H groups in total. The number of Topliss-reactive ketones (excluding diaryl/α,β-unsaturated/α-hetero) is 5. The first kappa shape index (κ1) is 160. The molecule has 706 valence electrons. The Morgan fingerprint density at radius 1 is 0.230 bits per heavy atom. The smallest absolute Gasteiger partial charge is 0.145 e. The van der Waals surface area contributed by atoms with Gasteiger partial charge in [0, 0.05) is 154 Å². The summed E-state index contributed by atoms with van der Waals surface area (Å²) in [6.45, 7) is 70.9. The largest absolute Gasteiger partial charge is 0.385 e. The van der Waals surface area contributed by atoms with Crippen molar-refractivity contribution in [1.82, 2.24) is 0 Å². The fourth-order valence-corrected chi connectivity index (χ4v) is 8.32. The van der Waals surface area contributed by atoms with Crippen molar-refractivity contribution in [3.05, 3.63) is 0 Å². The van der Waals surface area contributed by atoms with E-state index in [2.05, 4.69) is 147 Å². The Morgan fingerprint density at radius 3 is 0.549 bits per heavy atom. The fraction of sp³-hybridized carbons (Fsp3) is 0.947. The van der Waals surface area contributed by atoms with Gasteiger partial charge in [0.05, 0.1) is 0 Å². The maximum atomic E-state index is 10.4. The van der Waals surface area contributed by atoms with Gasteiger partial charge >= 0.3 is 0 Å². The van der Waals surface area contributed by atoms with Crippen LogP contribution < -0.4 is 0 Å². The van der Waals surface area contributed by atoms with Gasteiger partial charge in [0.25, 0.3) is 0 Å². The Labute approximate surface area is 732 Å². The van der Waals surface area contributed by atoms with Crippen molar-refractivity contribution < 1.29 is 66.6 Å². The molecule has 14 nitrogen and oxygen atoms in total. The van der Waals surface area contributed by atoms with Crippen LogP contribution in [0.25, 0.3) is 0 Å². The lowest BCUT2D eigenvalue weighted by Gasteiger charge is -1.91.